The molecular formula is C6H4BrClN2O2. The van der Waals surface area contributed by atoms with Crippen molar-refractivity contribution in [3.8, 4) is 0 Å². The van der Waals surface area contributed by atoms with E-state index in [1.165, 1.54) is 6.20 Å². The van der Waals surface area contributed by atoms with Gasteiger partial charge in [0, 0.05) is 0 Å². The molecule has 6 heteroatoms. The van der Waals surface area contributed by atoms with Crippen LogP contribution >= 0.6 is 27.5 Å². The lowest BCUT2D eigenvalue weighted by atomic mass is 10.6. The Balaban J connectivity index is 2.75. The third kappa shape index (κ3) is 2.42. The van der Waals surface area contributed by atoms with E-state index in [-0.39, 0.29) is 6.61 Å². The molecule has 0 amide bonds. The molecular weight excluding hydrogens is 247 g/mol. The van der Waals surface area contributed by atoms with Crippen molar-refractivity contribution in [1.82, 2.24) is 9.97 Å². The Morgan fingerprint density at radius 2 is 2.50 bits per heavy atom. The number of nitrogens with zero attached hydrogens (tertiary/aromatic N) is 2. The summed E-state index contributed by atoms with van der Waals surface area (Å²) >= 11 is 8.74. The van der Waals surface area contributed by atoms with Crippen LogP contribution in [0.4, 0.5) is 0 Å². The van der Waals surface area contributed by atoms with Crippen molar-refractivity contribution in [2.45, 2.75) is 6.61 Å². The minimum Gasteiger partial charge on any atom is -0.460 e. The van der Waals surface area contributed by atoms with Gasteiger partial charge in [-0.1, -0.05) is 11.6 Å². The van der Waals surface area contributed by atoms with E-state index in [0.717, 1.165) is 0 Å². The molecule has 1 heterocycles. The summed E-state index contributed by atoms with van der Waals surface area (Å²) in [6.07, 6.45) is 1.43. The number of aromatic nitrogens is 2. The maximum Gasteiger partial charge on any atom is 0.293 e. The molecule has 0 saturated heterocycles. The summed E-state index contributed by atoms with van der Waals surface area (Å²) in [7, 11) is 0. The zero-order chi connectivity index (χ0) is 8.97. The predicted octanol–water partition coefficient (Wildman–Crippen LogP) is 1.57. The fourth-order valence-corrected chi connectivity index (χ4v) is 0.956. The number of rotatable bonds is 3. The Bertz CT molecular complexity index is 295. The Morgan fingerprint density at radius 1 is 1.75 bits per heavy atom. The topological polar surface area (TPSA) is 52.1 Å². The first-order valence-corrected chi connectivity index (χ1v) is 4.13. The number of hydrogen-bond acceptors (Lipinski definition) is 4. The van der Waals surface area contributed by atoms with Crippen molar-refractivity contribution in [3.05, 3.63) is 21.6 Å². The second kappa shape index (κ2) is 4.37. The molecule has 0 aliphatic rings. The van der Waals surface area contributed by atoms with E-state index in [9.17, 15) is 4.79 Å². The number of ether oxygens (including phenoxy) is 1. The summed E-state index contributed by atoms with van der Waals surface area (Å²) in [6, 6.07) is 0. The summed E-state index contributed by atoms with van der Waals surface area (Å²) < 4.78 is 4.93. The van der Waals surface area contributed by atoms with Crippen LogP contribution in [0, 0.1) is 0 Å². The molecule has 0 saturated carbocycles. The van der Waals surface area contributed by atoms with E-state index in [2.05, 4.69) is 30.6 Å². The van der Waals surface area contributed by atoms with Gasteiger partial charge in [-0.05, 0) is 15.9 Å². The third-order valence-electron chi connectivity index (χ3n) is 1.03. The molecule has 4 nitrogen and oxygen atoms in total. The van der Waals surface area contributed by atoms with Crippen molar-refractivity contribution >= 4 is 34.0 Å². The minimum atomic E-state index is 0.0548. The number of carbonyl (C=O) groups excluding carboxylic acids is 1. The van der Waals surface area contributed by atoms with Crippen LogP contribution < -0.4 is 0 Å². The molecule has 0 N–H and O–H groups in total. The van der Waals surface area contributed by atoms with Gasteiger partial charge in [-0.15, -0.1) is 0 Å². The van der Waals surface area contributed by atoms with Gasteiger partial charge in [-0.2, -0.15) is 0 Å². The van der Waals surface area contributed by atoms with Gasteiger partial charge in [-0.25, -0.2) is 9.97 Å². The fourth-order valence-electron chi connectivity index (χ4n) is 0.558. The second-order valence-corrected chi connectivity index (χ2v) is 2.99. The number of halogens is 2. The lowest BCUT2D eigenvalue weighted by Gasteiger charge is -1.98. The highest BCUT2D eigenvalue weighted by atomic mass is 79.9. The van der Waals surface area contributed by atoms with E-state index in [1.54, 1.807) is 0 Å². The van der Waals surface area contributed by atoms with Crippen LogP contribution in [0.5, 0.6) is 0 Å². The van der Waals surface area contributed by atoms with Crippen molar-refractivity contribution in [1.29, 1.82) is 0 Å². The predicted molar refractivity (Wildman–Crippen MR) is 45.6 cm³/mol. The van der Waals surface area contributed by atoms with Crippen LogP contribution in [0.2, 0.25) is 5.02 Å². The minimum absolute atomic E-state index is 0.0548. The van der Waals surface area contributed by atoms with Gasteiger partial charge in [-0.3, -0.25) is 4.79 Å². The van der Waals surface area contributed by atoms with E-state index in [0.29, 0.717) is 21.9 Å². The van der Waals surface area contributed by atoms with Gasteiger partial charge < -0.3 is 4.74 Å². The first-order chi connectivity index (χ1) is 5.74. The maximum atomic E-state index is 9.81. The molecule has 12 heavy (non-hydrogen) atoms. The van der Waals surface area contributed by atoms with Crippen LogP contribution in [-0.2, 0) is 16.1 Å². The molecule has 0 radical (unpaired) electrons. The summed E-state index contributed by atoms with van der Waals surface area (Å²) in [5, 5.41) is 0.421. The van der Waals surface area contributed by atoms with Crippen LogP contribution in [0.25, 0.3) is 0 Å². The first-order valence-electron chi connectivity index (χ1n) is 2.96. The van der Waals surface area contributed by atoms with Gasteiger partial charge in [0.15, 0.2) is 12.4 Å². The van der Waals surface area contributed by atoms with Gasteiger partial charge in [0.2, 0.25) is 0 Å². The summed E-state index contributed by atoms with van der Waals surface area (Å²) in [5.74, 6) is 0.401. The van der Waals surface area contributed by atoms with Gasteiger partial charge >= 0.3 is 0 Å². The average Bonchev–Trinajstić information content (AvgIpc) is 2.07. The van der Waals surface area contributed by atoms with Crippen LogP contribution in [0.15, 0.2) is 10.8 Å². The first kappa shape index (κ1) is 9.41. The SMILES string of the molecule is O=COCc1ncc(Cl)c(Br)n1. The Hall–Kier alpha value is -0.680. The highest BCUT2D eigenvalue weighted by molar-refractivity contribution is 9.10. The third-order valence-corrected chi connectivity index (χ3v) is 2.14. The molecule has 1 aromatic rings. The quantitative estimate of drug-likeness (QED) is 0.604. The maximum absolute atomic E-state index is 9.81. The van der Waals surface area contributed by atoms with Gasteiger partial charge in [0.1, 0.15) is 4.60 Å². The highest BCUT2D eigenvalue weighted by Crippen LogP contribution is 2.17. The summed E-state index contributed by atoms with van der Waals surface area (Å²) in [4.78, 5) is 17.5. The summed E-state index contributed by atoms with van der Waals surface area (Å²) in [6.45, 7) is 0.394. The average molecular weight is 251 g/mol. The Morgan fingerprint density at radius 3 is 3.08 bits per heavy atom. The Labute approximate surface area is 82.0 Å². The molecule has 0 spiro atoms. The largest absolute Gasteiger partial charge is 0.460 e. The zero-order valence-electron chi connectivity index (χ0n) is 5.83. The molecule has 0 atom stereocenters. The number of carbonyl (C=O) groups is 1. The number of hydrogen-bond donors (Lipinski definition) is 0. The smallest absolute Gasteiger partial charge is 0.293 e. The molecule has 1 rings (SSSR count). The molecule has 0 aliphatic carbocycles. The van der Waals surface area contributed by atoms with E-state index in [1.807, 2.05) is 0 Å². The van der Waals surface area contributed by atoms with Gasteiger partial charge in [0.25, 0.3) is 6.47 Å². The van der Waals surface area contributed by atoms with E-state index in [4.69, 9.17) is 11.6 Å². The Kier molecular flexibility index (Phi) is 3.43. The molecule has 0 aliphatic heterocycles. The fraction of sp³-hybridized carbons (Fsp3) is 0.167. The lowest BCUT2D eigenvalue weighted by molar-refractivity contribution is -0.130. The molecule has 0 fully saturated rings. The van der Waals surface area contributed by atoms with Crippen LogP contribution in [0.1, 0.15) is 5.82 Å². The van der Waals surface area contributed by atoms with E-state index >= 15 is 0 Å². The van der Waals surface area contributed by atoms with Crippen molar-refractivity contribution in [3.63, 3.8) is 0 Å². The normalized spacial score (nSPS) is 9.50. The monoisotopic (exact) mass is 250 g/mol. The van der Waals surface area contributed by atoms with Crippen molar-refractivity contribution in [2.75, 3.05) is 0 Å². The van der Waals surface area contributed by atoms with E-state index < -0.39 is 0 Å². The van der Waals surface area contributed by atoms with Gasteiger partial charge in [0.05, 0.1) is 11.2 Å². The molecule has 64 valence electrons. The van der Waals surface area contributed by atoms with Crippen molar-refractivity contribution in [2.24, 2.45) is 0 Å². The standard InChI is InChI=1S/C6H4BrClN2O2/c7-6-4(8)1-9-5(10-6)2-12-3-11/h1,3H,2H2. The lowest BCUT2D eigenvalue weighted by Crippen LogP contribution is -1.97. The summed E-state index contributed by atoms with van der Waals surface area (Å²) in [5.41, 5.74) is 0. The highest BCUT2D eigenvalue weighted by Gasteiger charge is 2.01. The second-order valence-electron chi connectivity index (χ2n) is 1.83. The molecule has 0 aromatic carbocycles. The van der Waals surface area contributed by atoms with Crippen molar-refractivity contribution < 1.29 is 9.53 Å². The molecule has 0 bridgehead atoms. The molecule has 1 aromatic heterocycles. The van der Waals surface area contributed by atoms with Crippen LogP contribution in [0.3, 0.4) is 0 Å². The zero-order valence-corrected chi connectivity index (χ0v) is 8.17. The van der Waals surface area contributed by atoms with Crippen LogP contribution in [-0.4, -0.2) is 16.4 Å². The molecule has 0 unspecified atom stereocenters.